The van der Waals surface area contributed by atoms with E-state index in [2.05, 4.69) is 22.2 Å². The number of benzene rings is 1. The number of nitrogen functional groups attached to an aromatic ring is 1. The van der Waals surface area contributed by atoms with Crippen LogP contribution in [0.3, 0.4) is 0 Å². The zero-order chi connectivity index (χ0) is 18.7. The van der Waals surface area contributed by atoms with Gasteiger partial charge in [0.15, 0.2) is 0 Å². The van der Waals surface area contributed by atoms with Gasteiger partial charge in [-0.1, -0.05) is 12.1 Å². The van der Waals surface area contributed by atoms with Crippen molar-refractivity contribution in [3.05, 3.63) is 39.9 Å². The van der Waals surface area contributed by atoms with Crippen molar-refractivity contribution >= 4 is 29.0 Å². The average molecular weight is 358 g/mol. The quantitative estimate of drug-likeness (QED) is 0.533. The number of nitrogens with two attached hydrogens (primary N) is 1. The van der Waals surface area contributed by atoms with Gasteiger partial charge in [0.05, 0.1) is 37.6 Å². The summed E-state index contributed by atoms with van der Waals surface area (Å²) >= 11 is 0. The lowest BCUT2D eigenvalue weighted by molar-refractivity contribution is -0.898. The highest BCUT2D eigenvalue weighted by molar-refractivity contribution is 5.72. The Morgan fingerprint density at radius 3 is 2.69 bits per heavy atom. The molecule has 0 amide bonds. The molecule has 0 bridgehead atoms. The van der Waals surface area contributed by atoms with Gasteiger partial charge in [-0.3, -0.25) is 10.1 Å². The van der Waals surface area contributed by atoms with Crippen LogP contribution < -0.4 is 20.9 Å². The monoisotopic (exact) mass is 358 g/mol. The fourth-order valence-electron chi connectivity index (χ4n) is 3.15. The summed E-state index contributed by atoms with van der Waals surface area (Å²) < 4.78 is 0. The molecular formula is C17H24N7O2+. The van der Waals surface area contributed by atoms with Crippen LogP contribution in [-0.4, -0.2) is 47.6 Å². The van der Waals surface area contributed by atoms with E-state index in [4.69, 9.17) is 5.73 Å². The van der Waals surface area contributed by atoms with E-state index in [0.717, 1.165) is 30.9 Å². The van der Waals surface area contributed by atoms with Crippen molar-refractivity contribution in [2.45, 2.75) is 13.8 Å². The van der Waals surface area contributed by atoms with E-state index < -0.39 is 4.92 Å². The lowest BCUT2D eigenvalue weighted by Crippen LogP contribution is -3.14. The van der Waals surface area contributed by atoms with E-state index in [9.17, 15) is 10.1 Å². The molecule has 0 radical (unpaired) electrons. The van der Waals surface area contributed by atoms with Crippen LogP contribution in [0.15, 0.2) is 24.3 Å². The van der Waals surface area contributed by atoms with Crippen LogP contribution in [0.4, 0.5) is 29.0 Å². The second-order valence-corrected chi connectivity index (χ2v) is 6.45. The van der Waals surface area contributed by atoms with Crippen molar-refractivity contribution in [2.24, 2.45) is 0 Å². The van der Waals surface area contributed by atoms with E-state index in [1.807, 2.05) is 36.1 Å². The van der Waals surface area contributed by atoms with Gasteiger partial charge in [-0.25, -0.2) is 0 Å². The van der Waals surface area contributed by atoms with Crippen molar-refractivity contribution in [2.75, 3.05) is 48.7 Å². The van der Waals surface area contributed by atoms with Crippen molar-refractivity contribution in [3.63, 3.8) is 0 Å². The Morgan fingerprint density at radius 2 is 2.08 bits per heavy atom. The summed E-state index contributed by atoms with van der Waals surface area (Å²) in [6, 6.07) is 7.73. The minimum Gasteiger partial charge on any atom is -0.378 e. The number of piperazine rings is 1. The van der Waals surface area contributed by atoms with Crippen LogP contribution in [0, 0.1) is 17.0 Å². The molecule has 1 saturated heterocycles. The highest BCUT2D eigenvalue weighted by atomic mass is 16.6. The molecule has 26 heavy (non-hydrogen) atoms. The molecule has 0 unspecified atom stereocenters. The molecule has 4 N–H and O–H groups in total. The van der Waals surface area contributed by atoms with E-state index in [1.165, 1.54) is 4.90 Å². The third-order valence-corrected chi connectivity index (χ3v) is 4.62. The maximum atomic E-state index is 11.5. The molecule has 2 heterocycles. The standard InChI is InChI=1S/C17H23N7O2/c1-3-22-7-9-23(10-8-22)16-14(24(25)26)15(18)20-17(21-16)19-13-6-4-5-12(2)11-13/h4-6,11H,3,7-10H2,1-2H3,(H3,18,19,20,21)/p+1. The SMILES string of the molecule is CC[NH+]1CCN(c2nc(Nc3cccc(C)c3)nc(N)c2[N+](=O)[O-])CC1. The molecule has 0 aliphatic carbocycles. The number of nitrogens with zero attached hydrogens (tertiary/aromatic N) is 4. The van der Waals surface area contributed by atoms with Gasteiger partial charge >= 0.3 is 5.69 Å². The van der Waals surface area contributed by atoms with Gasteiger partial charge in [-0.05, 0) is 31.5 Å². The molecule has 1 aliphatic rings. The zero-order valence-electron chi connectivity index (χ0n) is 15.0. The summed E-state index contributed by atoms with van der Waals surface area (Å²) in [7, 11) is 0. The summed E-state index contributed by atoms with van der Waals surface area (Å²) in [6.45, 7) is 8.39. The number of likely N-dealkylation sites (N-methyl/N-ethyl adjacent to an activating group) is 1. The van der Waals surface area contributed by atoms with Gasteiger partial charge in [0.25, 0.3) is 0 Å². The first-order valence-electron chi connectivity index (χ1n) is 8.72. The van der Waals surface area contributed by atoms with Gasteiger partial charge in [0, 0.05) is 5.69 Å². The molecule has 3 rings (SSSR count). The summed E-state index contributed by atoms with van der Waals surface area (Å²) in [4.78, 5) is 22.9. The number of nitrogens with one attached hydrogen (secondary N) is 2. The third-order valence-electron chi connectivity index (χ3n) is 4.62. The summed E-state index contributed by atoms with van der Waals surface area (Å²) in [6.07, 6.45) is 0. The summed E-state index contributed by atoms with van der Waals surface area (Å²) in [5.74, 6) is 0.423. The first kappa shape index (κ1) is 17.9. The predicted molar refractivity (Wildman–Crippen MR) is 101 cm³/mol. The number of hydrogen-bond acceptors (Lipinski definition) is 7. The molecule has 138 valence electrons. The number of aromatic nitrogens is 2. The maximum Gasteiger partial charge on any atom is 0.353 e. The third kappa shape index (κ3) is 3.83. The van der Waals surface area contributed by atoms with Crippen molar-refractivity contribution in [1.29, 1.82) is 0 Å². The Bertz CT molecular complexity index is 804. The van der Waals surface area contributed by atoms with Crippen LogP contribution in [0.25, 0.3) is 0 Å². The fraction of sp³-hybridized carbons (Fsp3) is 0.412. The lowest BCUT2D eigenvalue weighted by atomic mass is 10.2. The Labute approximate surface area is 152 Å². The Morgan fingerprint density at radius 1 is 1.35 bits per heavy atom. The normalized spacial score (nSPS) is 15.1. The number of rotatable bonds is 5. The molecule has 1 aliphatic heterocycles. The van der Waals surface area contributed by atoms with Crippen molar-refractivity contribution in [3.8, 4) is 0 Å². The molecule has 0 spiro atoms. The number of nitro groups is 1. The fourth-order valence-corrected chi connectivity index (χ4v) is 3.15. The van der Waals surface area contributed by atoms with E-state index in [1.54, 1.807) is 0 Å². The highest BCUT2D eigenvalue weighted by Gasteiger charge is 2.30. The van der Waals surface area contributed by atoms with Crippen LogP contribution in [-0.2, 0) is 0 Å². The van der Waals surface area contributed by atoms with E-state index in [0.29, 0.717) is 13.1 Å². The maximum absolute atomic E-state index is 11.5. The molecular weight excluding hydrogens is 334 g/mol. The number of anilines is 4. The van der Waals surface area contributed by atoms with Gasteiger partial charge in [0.1, 0.15) is 0 Å². The van der Waals surface area contributed by atoms with Crippen molar-refractivity contribution in [1.82, 2.24) is 9.97 Å². The van der Waals surface area contributed by atoms with Gasteiger partial charge < -0.3 is 20.9 Å². The second-order valence-electron chi connectivity index (χ2n) is 6.45. The smallest absolute Gasteiger partial charge is 0.353 e. The first-order valence-corrected chi connectivity index (χ1v) is 8.72. The largest absolute Gasteiger partial charge is 0.378 e. The van der Waals surface area contributed by atoms with Crippen molar-refractivity contribution < 1.29 is 9.82 Å². The predicted octanol–water partition coefficient (Wildman–Crippen LogP) is 0.744. The molecule has 1 fully saturated rings. The van der Waals surface area contributed by atoms with Gasteiger partial charge in [-0.15, -0.1) is 0 Å². The number of quaternary nitrogens is 1. The lowest BCUT2D eigenvalue weighted by Gasteiger charge is -2.32. The summed E-state index contributed by atoms with van der Waals surface area (Å²) in [5, 5.41) is 14.6. The molecule has 9 nitrogen and oxygen atoms in total. The van der Waals surface area contributed by atoms with Crippen LogP contribution in [0.5, 0.6) is 0 Å². The first-order chi connectivity index (χ1) is 12.5. The number of hydrogen-bond donors (Lipinski definition) is 3. The zero-order valence-corrected chi connectivity index (χ0v) is 15.0. The molecule has 9 heteroatoms. The van der Waals surface area contributed by atoms with E-state index >= 15 is 0 Å². The van der Waals surface area contributed by atoms with Crippen LogP contribution in [0.1, 0.15) is 12.5 Å². The van der Waals surface area contributed by atoms with Crippen LogP contribution in [0.2, 0.25) is 0 Å². The number of aryl methyl sites for hydroxylation is 1. The molecule has 2 aromatic rings. The second kappa shape index (κ2) is 7.52. The molecule has 1 aromatic carbocycles. The topological polar surface area (TPSA) is 115 Å². The Balaban J connectivity index is 1.93. The minimum absolute atomic E-state index is 0.125. The van der Waals surface area contributed by atoms with Gasteiger partial charge in [-0.2, -0.15) is 9.97 Å². The summed E-state index contributed by atoms with van der Waals surface area (Å²) in [5.41, 5.74) is 7.58. The molecule has 1 aromatic heterocycles. The average Bonchev–Trinajstić information content (AvgIpc) is 2.61. The van der Waals surface area contributed by atoms with E-state index in [-0.39, 0.29) is 23.3 Å². The minimum atomic E-state index is -0.500. The highest BCUT2D eigenvalue weighted by Crippen LogP contribution is 2.32. The van der Waals surface area contributed by atoms with Crippen LogP contribution >= 0.6 is 0 Å². The van der Waals surface area contributed by atoms with Gasteiger partial charge in [0.2, 0.25) is 17.6 Å². The molecule has 0 saturated carbocycles. The molecule has 0 atom stereocenters. The Hall–Kier alpha value is -2.94. The Kier molecular flexibility index (Phi) is 5.17.